The lowest BCUT2D eigenvalue weighted by molar-refractivity contribution is 0.0925. The van der Waals surface area contributed by atoms with Gasteiger partial charge >= 0.3 is 0 Å². The van der Waals surface area contributed by atoms with Gasteiger partial charge in [-0.15, -0.1) is 23.7 Å². The summed E-state index contributed by atoms with van der Waals surface area (Å²) >= 11 is 1.49. The highest BCUT2D eigenvalue weighted by molar-refractivity contribution is 7.89. The largest absolute Gasteiger partial charge is 0.349 e. The fourth-order valence-corrected chi connectivity index (χ4v) is 4.72. The van der Waals surface area contributed by atoms with E-state index >= 15 is 0 Å². The standard InChI is InChI=1S/C18H23N3O3S2.ClH/c19-14-5-7-15(8-6-14)21-18(22)13-3-9-17(10-4-13)26(23,24)20-12-16-2-1-11-25-16;/h1-4,9-11,14-15,20H,5-8,12,19H2,(H,21,22);1H. The third kappa shape index (κ3) is 6.02. The van der Waals surface area contributed by atoms with Crippen LogP contribution in [0.4, 0.5) is 0 Å². The average molecular weight is 430 g/mol. The van der Waals surface area contributed by atoms with E-state index in [0.717, 1.165) is 30.6 Å². The second kappa shape index (κ2) is 9.66. The monoisotopic (exact) mass is 429 g/mol. The third-order valence-corrected chi connectivity index (χ3v) is 6.84. The Bertz CT molecular complexity index is 831. The minimum absolute atomic E-state index is 0. The fraction of sp³-hybridized carbons (Fsp3) is 0.389. The van der Waals surface area contributed by atoms with Crippen LogP contribution in [0, 0.1) is 0 Å². The van der Waals surface area contributed by atoms with Gasteiger partial charge < -0.3 is 11.1 Å². The molecule has 0 radical (unpaired) electrons. The molecule has 1 aromatic carbocycles. The zero-order chi connectivity index (χ0) is 18.6. The topological polar surface area (TPSA) is 101 Å². The average Bonchev–Trinajstić information content (AvgIpc) is 3.16. The van der Waals surface area contributed by atoms with Gasteiger partial charge in [-0.05, 0) is 61.4 Å². The number of halogens is 1. The molecule has 1 amide bonds. The molecule has 0 saturated heterocycles. The minimum Gasteiger partial charge on any atom is -0.349 e. The maximum atomic E-state index is 12.3. The van der Waals surface area contributed by atoms with E-state index in [9.17, 15) is 13.2 Å². The maximum Gasteiger partial charge on any atom is 0.251 e. The van der Waals surface area contributed by atoms with E-state index in [4.69, 9.17) is 5.73 Å². The SMILES string of the molecule is Cl.NC1CCC(NC(=O)c2ccc(S(=O)(=O)NCc3cccs3)cc2)CC1. The van der Waals surface area contributed by atoms with Gasteiger partial charge in [-0.1, -0.05) is 6.07 Å². The Balaban J connectivity index is 0.00000261. The molecule has 9 heteroatoms. The Labute approximate surface area is 170 Å². The highest BCUT2D eigenvalue weighted by Crippen LogP contribution is 2.18. The number of benzene rings is 1. The molecule has 4 N–H and O–H groups in total. The summed E-state index contributed by atoms with van der Waals surface area (Å²) in [6.07, 6.45) is 3.59. The maximum absolute atomic E-state index is 12.3. The first kappa shape index (κ1) is 21.8. The van der Waals surface area contributed by atoms with E-state index in [2.05, 4.69) is 10.0 Å². The van der Waals surface area contributed by atoms with Gasteiger partial charge in [-0.3, -0.25) is 4.79 Å². The van der Waals surface area contributed by atoms with Crippen LogP contribution in [0.1, 0.15) is 40.9 Å². The number of hydrogen-bond acceptors (Lipinski definition) is 5. The molecule has 6 nitrogen and oxygen atoms in total. The number of rotatable bonds is 6. The lowest BCUT2D eigenvalue weighted by Crippen LogP contribution is -2.40. The molecule has 0 aliphatic heterocycles. The molecule has 1 aliphatic carbocycles. The molecule has 0 spiro atoms. The summed E-state index contributed by atoms with van der Waals surface area (Å²) in [7, 11) is -3.60. The Hall–Kier alpha value is -1.45. The van der Waals surface area contributed by atoms with Crippen LogP contribution in [0.25, 0.3) is 0 Å². The molecule has 0 atom stereocenters. The first-order valence-electron chi connectivity index (χ1n) is 8.62. The van der Waals surface area contributed by atoms with Gasteiger partial charge in [-0.25, -0.2) is 13.1 Å². The lowest BCUT2D eigenvalue weighted by Gasteiger charge is -2.26. The lowest BCUT2D eigenvalue weighted by atomic mass is 9.91. The van der Waals surface area contributed by atoms with Crippen molar-refractivity contribution in [3.63, 3.8) is 0 Å². The molecule has 0 unspecified atom stereocenters. The molecule has 1 heterocycles. The number of hydrogen-bond donors (Lipinski definition) is 3. The quantitative estimate of drug-likeness (QED) is 0.656. The predicted octanol–water partition coefficient (Wildman–Crippen LogP) is 2.65. The van der Waals surface area contributed by atoms with Gasteiger partial charge in [0.1, 0.15) is 0 Å². The normalized spacial score (nSPS) is 19.9. The van der Waals surface area contributed by atoms with Crippen LogP contribution in [-0.2, 0) is 16.6 Å². The van der Waals surface area contributed by atoms with Crippen LogP contribution in [-0.4, -0.2) is 26.4 Å². The van der Waals surface area contributed by atoms with E-state index in [1.165, 1.54) is 23.5 Å². The number of amides is 1. The molecule has 1 aliphatic rings. The highest BCUT2D eigenvalue weighted by atomic mass is 35.5. The summed E-state index contributed by atoms with van der Waals surface area (Å²) < 4.78 is 27.2. The summed E-state index contributed by atoms with van der Waals surface area (Å²) in [6.45, 7) is 0.256. The Morgan fingerprint density at radius 2 is 1.78 bits per heavy atom. The van der Waals surface area contributed by atoms with Crippen LogP contribution >= 0.6 is 23.7 Å². The van der Waals surface area contributed by atoms with Gasteiger partial charge in [0.25, 0.3) is 5.91 Å². The van der Waals surface area contributed by atoms with Crippen molar-refractivity contribution in [1.82, 2.24) is 10.0 Å². The molecule has 3 rings (SSSR count). The molecule has 1 saturated carbocycles. The molecule has 27 heavy (non-hydrogen) atoms. The summed E-state index contributed by atoms with van der Waals surface area (Å²) in [5, 5.41) is 4.90. The molecule has 2 aromatic rings. The van der Waals surface area contributed by atoms with Gasteiger partial charge in [0.05, 0.1) is 4.90 Å². The number of carbonyl (C=O) groups is 1. The van der Waals surface area contributed by atoms with Crippen LogP contribution in [0.3, 0.4) is 0 Å². The van der Waals surface area contributed by atoms with Crippen LogP contribution in [0.15, 0.2) is 46.7 Å². The third-order valence-electron chi connectivity index (χ3n) is 4.55. The van der Waals surface area contributed by atoms with Crippen molar-refractivity contribution in [2.24, 2.45) is 5.73 Å². The molecule has 1 fully saturated rings. The van der Waals surface area contributed by atoms with Crippen LogP contribution < -0.4 is 15.8 Å². The molecule has 1 aromatic heterocycles. The summed E-state index contributed by atoms with van der Waals surface area (Å²) in [6, 6.07) is 10.1. The Morgan fingerprint density at radius 1 is 1.11 bits per heavy atom. The zero-order valence-corrected chi connectivity index (χ0v) is 17.2. The summed E-state index contributed by atoms with van der Waals surface area (Å²) in [5.41, 5.74) is 6.33. The van der Waals surface area contributed by atoms with Crippen molar-refractivity contribution in [1.29, 1.82) is 0 Å². The number of thiophene rings is 1. The van der Waals surface area contributed by atoms with Crippen LogP contribution in [0.2, 0.25) is 0 Å². The van der Waals surface area contributed by atoms with E-state index in [1.54, 1.807) is 12.1 Å². The van der Waals surface area contributed by atoms with Crippen LogP contribution in [0.5, 0.6) is 0 Å². The predicted molar refractivity (Wildman–Crippen MR) is 110 cm³/mol. The Kier molecular flexibility index (Phi) is 7.81. The molecule has 148 valence electrons. The fourth-order valence-electron chi connectivity index (χ4n) is 2.98. The van der Waals surface area contributed by atoms with Crippen molar-refractivity contribution in [3.05, 3.63) is 52.2 Å². The molecular weight excluding hydrogens is 406 g/mol. The van der Waals surface area contributed by atoms with E-state index in [0.29, 0.717) is 5.56 Å². The highest BCUT2D eigenvalue weighted by Gasteiger charge is 2.21. The number of nitrogens with one attached hydrogen (secondary N) is 2. The second-order valence-corrected chi connectivity index (χ2v) is 9.31. The van der Waals surface area contributed by atoms with Crippen molar-refractivity contribution >= 4 is 39.7 Å². The summed E-state index contributed by atoms with van der Waals surface area (Å²) in [5.74, 6) is -0.180. The Morgan fingerprint density at radius 3 is 2.37 bits per heavy atom. The van der Waals surface area contributed by atoms with Gasteiger partial charge in [0.2, 0.25) is 10.0 Å². The first-order valence-corrected chi connectivity index (χ1v) is 11.0. The molecule has 0 bridgehead atoms. The number of nitrogens with two attached hydrogens (primary N) is 1. The second-order valence-electron chi connectivity index (χ2n) is 6.51. The number of carbonyl (C=O) groups excluding carboxylic acids is 1. The van der Waals surface area contributed by atoms with Crippen molar-refractivity contribution < 1.29 is 13.2 Å². The van der Waals surface area contributed by atoms with Gasteiger partial charge in [0.15, 0.2) is 0 Å². The van der Waals surface area contributed by atoms with E-state index in [-0.39, 0.29) is 41.8 Å². The first-order chi connectivity index (χ1) is 12.4. The summed E-state index contributed by atoms with van der Waals surface area (Å²) in [4.78, 5) is 13.4. The van der Waals surface area contributed by atoms with Gasteiger partial charge in [-0.2, -0.15) is 0 Å². The smallest absolute Gasteiger partial charge is 0.251 e. The van der Waals surface area contributed by atoms with Crippen molar-refractivity contribution in [2.45, 2.75) is 49.2 Å². The van der Waals surface area contributed by atoms with Crippen molar-refractivity contribution in [3.8, 4) is 0 Å². The zero-order valence-electron chi connectivity index (χ0n) is 14.8. The van der Waals surface area contributed by atoms with E-state index in [1.807, 2.05) is 17.5 Å². The van der Waals surface area contributed by atoms with E-state index < -0.39 is 10.0 Å². The number of sulfonamides is 1. The molecular formula is C18H24ClN3O3S2. The van der Waals surface area contributed by atoms with Gasteiger partial charge in [0, 0.05) is 29.1 Å². The van der Waals surface area contributed by atoms with Crippen molar-refractivity contribution in [2.75, 3.05) is 0 Å². The minimum atomic E-state index is -3.60.